The van der Waals surface area contributed by atoms with Crippen molar-refractivity contribution in [3.8, 4) is 0 Å². The Morgan fingerprint density at radius 2 is 1.83 bits per heavy atom. The summed E-state index contributed by atoms with van der Waals surface area (Å²) >= 11 is 6.45. The van der Waals surface area contributed by atoms with Gasteiger partial charge in [0.1, 0.15) is 0 Å². The zero-order valence-corrected chi connectivity index (χ0v) is 21.8. The van der Waals surface area contributed by atoms with Crippen LogP contribution in [0.5, 0.6) is 0 Å². The maximum atomic E-state index is 11.2. The van der Waals surface area contributed by atoms with E-state index in [2.05, 4.69) is 52.6 Å². The number of nitrogens with two attached hydrogens (primary N) is 1. The molecule has 8 heteroatoms. The lowest BCUT2D eigenvalue weighted by molar-refractivity contribution is 0.111. The molecule has 2 aliphatic heterocycles. The number of carbonyl (C=O) groups is 2. The summed E-state index contributed by atoms with van der Waals surface area (Å²) in [7, 11) is 4.05. The highest BCUT2D eigenvalue weighted by Gasteiger charge is 2.28. The molecule has 0 radical (unpaired) electrons. The first kappa shape index (κ1) is 25.4. The smallest absolute Gasteiger partial charge is 0.319 e. The average molecular weight is 506 g/mol. The van der Waals surface area contributed by atoms with Gasteiger partial charge in [-0.05, 0) is 41.6 Å². The summed E-state index contributed by atoms with van der Waals surface area (Å²) in [6.45, 7) is 5.49. The Labute approximate surface area is 216 Å². The van der Waals surface area contributed by atoms with Crippen LogP contribution in [-0.4, -0.2) is 44.5 Å². The van der Waals surface area contributed by atoms with E-state index in [0.29, 0.717) is 12.2 Å². The molecule has 0 spiro atoms. The Kier molecular flexibility index (Phi) is 7.40. The molecular weight excluding hydrogens is 474 g/mol. The minimum absolute atomic E-state index is 0.0887. The van der Waals surface area contributed by atoms with Crippen LogP contribution in [0.1, 0.15) is 40.8 Å². The molecule has 1 unspecified atom stereocenters. The van der Waals surface area contributed by atoms with Crippen molar-refractivity contribution in [2.75, 3.05) is 42.3 Å². The van der Waals surface area contributed by atoms with Gasteiger partial charge in [0.2, 0.25) is 0 Å². The topological polar surface area (TPSA) is 94.5 Å². The molecule has 3 heterocycles. The first-order chi connectivity index (χ1) is 17.4. The second kappa shape index (κ2) is 10.5. The van der Waals surface area contributed by atoms with E-state index in [1.54, 1.807) is 4.90 Å². The fraction of sp³-hybridized carbons (Fsp3) is 0.286. The number of primary amides is 1. The molecule has 0 bridgehead atoms. The molecule has 6 rings (SSSR count). The quantitative estimate of drug-likeness (QED) is 0.228. The third-order valence-corrected chi connectivity index (χ3v) is 7.03. The van der Waals surface area contributed by atoms with Crippen LogP contribution in [0.25, 0.3) is 21.7 Å². The number of anilines is 3. The van der Waals surface area contributed by atoms with Crippen LogP contribution in [0.3, 0.4) is 0 Å². The van der Waals surface area contributed by atoms with Gasteiger partial charge in [-0.25, -0.2) is 4.79 Å². The number of nitrogens with zero attached hydrogens (tertiary/aromatic N) is 2. The number of urea groups is 1. The zero-order chi connectivity index (χ0) is 26.0. The number of aromatic nitrogens is 1. The Hall–Kier alpha value is -3.71. The van der Waals surface area contributed by atoms with Crippen molar-refractivity contribution in [2.45, 2.75) is 25.6 Å². The standard InChI is InChI=1S/C14H15ClN2.C12H11N3O2.C2H6/c1-16-12-7-13-14(11(15)8-17(13)2)10-6-4-3-5-9(10)12;13-12(17)15-4-3-8-9-5-7(6-16)14-10(9)1-2-11(8)15;1-2/h3-7,11,16H,8H2,1-2H3;1-2,5-6,14H,3-4H2,(H2,13,17);1-2H3. The molecule has 4 N–H and O–H groups in total. The van der Waals surface area contributed by atoms with Crippen molar-refractivity contribution in [2.24, 2.45) is 5.73 Å². The largest absolute Gasteiger partial charge is 0.388 e. The number of benzene rings is 3. The monoisotopic (exact) mass is 505 g/mol. The van der Waals surface area contributed by atoms with Gasteiger partial charge >= 0.3 is 6.03 Å². The molecule has 7 nitrogen and oxygen atoms in total. The summed E-state index contributed by atoms with van der Waals surface area (Å²) in [5, 5.41) is 6.86. The number of carbonyl (C=O) groups excluding carboxylic acids is 2. The lowest BCUT2D eigenvalue weighted by Crippen LogP contribution is -2.33. The fourth-order valence-electron chi connectivity index (χ4n) is 5.09. The number of aromatic amines is 1. The van der Waals surface area contributed by atoms with Crippen LogP contribution >= 0.6 is 11.6 Å². The van der Waals surface area contributed by atoms with Gasteiger partial charge in [-0.1, -0.05) is 38.1 Å². The molecule has 0 aliphatic carbocycles. The summed E-state index contributed by atoms with van der Waals surface area (Å²) in [6, 6.07) is 15.7. The minimum atomic E-state index is -0.436. The molecule has 0 saturated heterocycles. The zero-order valence-electron chi connectivity index (χ0n) is 21.1. The fourth-order valence-corrected chi connectivity index (χ4v) is 5.53. The van der Waals surface area contributed by atoms with Crippen LogP contribution in [-0.2, 0) is 6.42 Å². The maximum absolute atomic E-state index is 11.2. The number of amides is 2. The predicted octanol–water partition coefficient (Wildman–Crippen LogP) is 6.06. The number of fused-ring (bicyclic) bond motifs is 6. The summed E-state index contributed by atoms with van der Waals surface area (Å²) in [6.07, 6.45) is 1.55. The van der Waals surface area contributed by atoms with E-state index < -0.39 is 6.03 Å². The van der Waals surface area contributed by atoms with Crippen LogP contribution in [0.15, 0.2) is 48.5 Å². The van der Waals surface area contributed by atoms with Crippen LogP contribution < -0.4 is 20.9 Å². The van der Waals surface area contributed by atoms with Crippen molar-refractivity contribution in [1.82, 2.24) is 4.98 Å². The lowest BCUT2D eigenvalue weighted by atomic mass is 10.0. The number of nitrogens with one attached hydrogen (secondary N) is 2. The maximum Gasteiger partial charge on any atom is 0.319 e. The van der Waals surface area contributed by atoms with Gasteiger partial charge < -0.3 is 20.9 Å². The van der Waals surface area contributed by atoms with Gasteiger partial charge in [0.25, 0.3) is 0 Å². The van der Waals surface area contributed by atoms with Crippen LogP contribution in [0.4, 0.5) is 21.9 Å². The van der Waals surface area contributed by atoms with E-state index in [1.807, 2.05) is 39.1 Å². The van der Waals surface area contributed by atoms with Gasteiger partial charge in [-0.3, -0.25) is 9.69 Å². The van der Waals surface area contributed by atoms with Crippen LogP contribution in [0.2, 0.25) is 0 Å². The molecule has 188 valence electrons. The Bertz CT molecular complexity index is 1430. The Morgan fingerprint density at radius 1 is 1.11 bits per heavy atom. The van der Waals surface area contributed by atoms with Crippen molar-refractivity contribution in [1.29, 1.82) is 0 Å². The number of hydrogen-bond donors (Lipinski definition) is 3. The van der Waals surface area contributed by atoms with Gasteiger partial charge in [-0.15, -0.1) is 11.6 Å². The first-order valence-corrected chi connectivity index (χ1v) is 12.6. The van der Waals surface area contributed by atoms with E-state index in [4.69, 9.17) is 17.3 Å². The van der Waals surface area contributed by atoms with E-state index in [-0.39, 0.29) is 5.38 Å². The number of halogens is 1. The lowest BCUT2D eigenvalue weighted by Gasteiger charge is -2.15. The molecule has 3 aromatic carbocycles. The van der Waals surface area contributed by atoms with Crippen molar-refractivity contribution in [3.63, 3.8) is 0 Å². The normalized spacial score (nSPS) is 15.5. The van der Waals surface area contributed by atoms with Gasteiger partial charge in [0, 0.05) is 66.1 Å². The second-order valence-corrected chi connectivity index (χ2v) is 9.13. The summed E-state index contributed by atoms with van der Waals surface area (Å²) in [5.74, 6) is 0. The van der Waals surface area contributed by atoms with E-state index in [0.717, 1.165) is 47.1 Å². The summed E-state index contributed by atoms with van der Waals surface area (Å²) in [5.41, 5.74) is 12.4. The summed E-state index contributed by atoms with van der Waals surface area (Å²) in [4.78, 5) is 28.8. The number of H-pyrrole nitrogens is 1. The molecule has 36 heavy (non-hydrogen) atoms. The SMILES string of the molecule is CC.CNc1cc2c(c3ccccc13)C(Cl)CN2C.NC(=O)N1CCc2c1ccc1[nH]c(C=O)cc21. The highest BCUT2D eigenvalue weighted by molar-refractivity contribution is 6.24. The number of alkyl halides is 1. The van der Waals surface area contributed by atoms with Gasteiger partial charge in [0.15, 0.2) is 6.29 Å². The number of hydrogen-bond acceptors (Lipinski definition) is 4. The highest BCUT2D eigenvalue weighted by Crippen LogP contribution is 2.45. The summed E-state index contributed by atoms with van der Waals surface area (Å²) < 4.78 is 0. The second-order valence-electron chi connectivity index (χ2n) is 8.61. The predicted molar refractivity (Wildman–Crippen MR) is 151 cm³/mol. The molecule has 1 atom stereocenters. The average Bonchev–Trinajstić information content (AvgIpc) is 3.59. The van der Waals surface area contributed by atoms with Gasteiger partial charge in [-0.2, -0.15) is 0 Å². The third kappa shape index (κ3) is 4.35. The molecule has 4 aromatic rings. The van der Waals surface area contributed by atoms with Crippen molar-refractivity contribution < 1.29 is 9.59 Å². The molecule has 0 fully saturated rings. The van der Waals surface area contributed by atoms with E-state index in [9.17, 15) is 9.59 Å². The van der Waals surface area contributed by atoms with E-state index in [1.165, 1.54) is 22.0 Å². The molecule has 0 saturated carbocycles. The van der Waals surface area contributed by atoms with Crippen molar-refractivity contribution in [3.05, 3.63) is 65.4 Å². The molecular formula is C28H32ClN5O2. The number of likely N-dealkylation sites (N-methyl/N-ethyl adjacent to an activating group) is 1. The minimum Gasteiger partial charge on any atom is -0.388 e. The number of aldehydes is 1. The Balaban J connectivity index is 0.000000158. The number of rotatable bonds is 2. The Morgan fingerprint density at radius 3 is 2.50 bits per heavy atom. The first-order valence-electron chi connectivity index (χ1n) is 12.2. The highest BCUT2D eigenvalue weighted by atomic mass is 35.5. The van der Waals surface area contributed by atoms with Crippen molar-refractivity contribution >= 4 is 62.7 Å². The molecule has 2 amide bonds. The van der Waals surface area contributed by atoms with E-state index >= 15 is 0 Å². The van der Waals surface area contributed by atoms with Gasteiger partial charge in [0.05, 0.1) is 11.1 Å². The molecule has 1 aromatic heterocycles. The third-order valence-electron chi connectivity index (χ3n) is 6.67. The van der Waals surface area contributed by atoms with Crippen LogP contribution in [0, 0.1) is 0 Å². The molecule has 2 aliphatic rings.